The van der Waals surface area contributed by atoms with Crippen LogP contribution in [0.4, 0.5) is 32.0 Å². The zero-order valence-corrected chi connectivity index (χ0v) is 21.7. The maximum absolute atomic E-state index is 10.6. The Labute approximate surface area is 231 Å². The molecule has 1 aromatic heterocycles. The lowest BCUT2D eigenvalue weighted by molar-refractivity contribution is -0.193. The van der Waals surface area contributed by atoms with E-state index in [2.05, 4.69) is 39.1 Å². The van der Waals surface area contributed by atoms with Gasteiger partial charge in [0, 0.05) is 49.7 Å². The van der Waals surface area contributed by atoms with Crippen LogP contribution in [0.1, 0.15) is 24.0 Å². The van der Waals surface area contributed by atoms with Crippen LogP contribution in [0.2, 0.25) is 0 Å². The fourth-order valence-corrected chi connectivity index (χ4v) is 4.42. The van der Waals surface area contributed by atoms with Crippen LogP contribution in [0.15, 0.2) is 48.8 Å². The minimum Gasteiger partial charge on any atom is -0.475 e. The number of carbonyl (C=O) groups is 2. The molecule has 9 nitrogen and oxygen atoms in total. The van der Waals surface area contributed by atoms with Gasteiger partial charge in [0.25, 0.3) is 0 Å². The van der Waals surface area contributed by atoms with E-state index in [1.54, 1.807) is 0 Å². The number of benzene rings is 1. The molecule has 2 N–H and O–H groups in total. The Kier molecular flexibility index (Phi) is 11.9. The molecule has 3 heterocycles. The van der Waals surface area contributed by atoms with E-state index >= 15 is 0 Å². The molecule has 15 heteroatoms. The van der Waals surface area contributed by atoms with Crippen molar-refractivity contribution in [2.24, 2.45) is 5.41 Å². The number of aliphatic carboxylic acids is 2. The van der Waals surface area contributed by atoms with Gasteiger partial charge in [0.2, 0.25) is 0 Å². The lowest BCUT2D eigenvalue weighted by atomic mass is 9.80. The number of likely N-dealkylation sites (tertiary alicyclic amines) is 1. The van der Waals surface area contributed by atoms with Gasteiger partial charge in [-0.1, -0.05) is 6.07 Å². The van der Waals surface area contributed by atoms with E-state index in [1.165, 1.54) is 18.4 Å². The molecule has 2 saturated heterocycles. The van der Waals surface area contributed by atoms with Crippen LogP contribution in [-0.2, 0) is 20.9 Å². The number of nitrogens with zero attached hydrogens (tertiary/aromatic N) is 4. The van der Waals surface area contributed by atoms with Crippen molar-refractivity contribution in [3.05, 3.63) is 59.9 Å². The normalized spacial score (nSPS) is 19.5. The summed E-state index contributed by atoms with van der Waals surface area (Å²) in [6, 6.07) is 14.4. The molecule has 1 aromatic carbocycles. The predicted molar refractivity (Wildman–Crippen MR) is 133 cm³/mol. The summed E-state index contributed by atoms with van der Waals surface area (Å²) >= 11 is 0. The highest BCUT2D eigenvalue weighted by molar-refractivity contribution is 5.73. The van der Waals surface area contributed by atoms with Crippen LogP contribution in [0.3, 0.4) is 0 Å². The van der Waals surface area contributed by atoms with E-state index in [9.17, 15) is 31.6 Å². The van der Waals surface area contributed by atoms with Gasteiger partial charge >= 0.3 is 24.3 Å². The highest BCUT2D eigenvalue weighted by Crippen LogP contribution is 2.35. The second-order valence-electron chi connectivity index (χ2n) is 9.41. The van der Waals surface area contributed by atoms with Crippen molar-refractivity contribution < 1.29 is 50.9 Å². The van der Waals surface area contributed by atoms with E-state index in [4.69, 9.17) is 24.5 Å². The van der Waals surface area contributed by atoms with Gasteiger partial charge in [0.15, 0.2) is 0 Å². The molecule has 1 unspecified atom stereocenters. The molecule has 0 amide bonds. The Morgan fingerprint density at radius 3 is 2.17 bits per heavy atom. The number of hydrogen-bond acceptors (Lipinski definition) is 7. The van der Waals surface area contributed by atoms with Gasteiger partial charge in [-0.2, -0.15) is 31.6 Å². The first-order chi connectivity index (χ1) is 19.1. The first kappa shape index (κ1) is 33.3. The number of rotatable bonds is 3. The van der Waals surface area contributed by atoms with E-state index in [-0.39, 0.29) is 5.41 Å². The predicted octanol–water partition coefficient (Wildman–Crippen LogP) is 4.34. The number of hydrogen-bond donors (Lipinski definition) is 2. The lowest BCUT2D eigenvalue weighted by Gasteiger charge is -2.44. The Balaban J connectivity index is 0.000000349. The van der Waals surface area contributed by atoms with Crippen molar-refractivity contribution in [2.75, 3.05) is 44.3 Å². The summed E-state index contributed by atoms with van der Waals surface area (Å²) in [5.41, 5.74) is 3.31. The van der Waals surface area contributed by atoms with Crippen LogP contribution in [0.5, 0.6) is 0 Å². The van der Waals surface area contributed by atoms with Crippen molar-refractivity contribution >= 4 is 17.6 Å². The van der Waals surface area contributed by atoms with Gasteiger partial charge in [-0.15, -0.1) is 0 Å². The minimum absolute atomic E-state index is 0.143. The third-order valence-corrected chi connectivity index (χ3v) is 6.16. The number of carboxylic acids is 2. The van der Waals surface area contributed by atoms with Crippen LogP contribution >= 0.6 is 0 Å². The van der Waals surface area contributed by atoms with Gasteiger partial charge < -0.3 is 19.8 Å². The topological polar surface area (TPSA) is 127 Å². The number of anilines is 1. The van der Waals surface area contributed by atoms with Crippen LogP contribution < -0.4 is 4.90 Å². The Bertz CT molecular complexity index is 1170. The first-order valence-electron chi connectivity index (χ1n) is 12.2. The molecule has 2 fully saturated rings. The summed E-state index contributed by atoms with van der Waals surface area (Å²) in [7, 11) is 0. The molecule has 4 rings (SSSR count). The van der Waals surface area contributed by atoms with Gasteiger partial charge in [0.05, 0.1) is 24.8 Å². The van der Waals surface area contributed by atoms with E-state index in [1.807, 2.05) is 30.6 Å². The molecule has 1 spiro atoms. The van der Waals surface area contributed by atoms with Crippen molar-refractivity contribution in [2.45, 2.75) is 31.7 Å². The Hall–Kier alpha value is -3.90. The molecule has 224 valence electrons. The summed E-state index contributed by atoms with van der Waals surface area (Å²) < 4.78 is 69.5. The van der Waals surface area contributed by atoms with Gasteiger partial charge in [-0.3, -0.25) is 9.88 Å². The number of aromatic nitrogens is 1. The van der Waals surface area contributed by atoms with Crippen molar-refractivity contribution in [1.29, 1.82) is 5.26 Å². The second-order valence-corrected chi connectivity index (χ2v) is 9.41. The number of alkyl halides is 6. The zero-order chi connectivity index (χ0) is 30.7. The third-order valence-electron chi connectivity index (χ3n) is 6.16. The number of piperidine rings is 1. The monoisotopic (exact) mass is 590 g/mol. The number of halogens is 6. The van der Waals surface area contributed by atoms with Crippen LogP contribution in [-0.4, -0.2) is 83.8 Å². The largest absolute Gasteiger partial charge is 0.490 e. The molecule has 0 saturated carbocycles. The number of nitriles is 1. The quantitative estimate of drug-likeness (QED) is 0.502. The molecule has 0 aliphatic carbocycles. The average Bonchev–Trinajstić information content (AvgIpc) is 3.11. The van der Waals surface area contributed by atoms with E-state index in [0.717, 1.165) is 57.2 Å². The standard InChI is InChI=1S/C22H26N4O.2C2HF3O2/c23-14-20-3-1-4-21(13-20)26-11-12-27-18-22(17-26)7-2-10-25(16-22)15-19-5-8-24-9-6-19;2*3-2(4,5)1(6)7/h1,3-6,8-9,13H,2,7,10-12,15-18H2;2*(H,6,7). The molecular formula is C26H28F6N4O5. The molecule has 2 aliphatic rings. The molecule has 41 heavy (non-hydrogen) atoms. The van der Waals surface area contributed by atoms with Crippen molar-refractivity contribution in [3.63, 3.8) is 0 Å². The number of carboxylic acid groups (broad SMARTS) is 2. The molecule has 1 atom stereocenters. The Morgan fingerprint density at radius 1 is 1.00 bits per heavy atom. The van der Waals surface area contributed by atoms with Crippen molar-refractivity contribution in [3.8, 4) is 6.07 Å². The maximum atomic E-state index is 10.6. The summed E-state index contributed by atoms with van der Waals surface area (Å²) in [5, 5.41) is 23.5. The highest BCUT2D eigenvalue weighted by Gasteiger charge is 2.40. The van der Waals surface area contributed by atoms with Gasteiger partial charge in [0.1, 0.15) is 0 Å². The Morgan fingerprint density at radius 2 is 1.61 bits per heavy atom. The minimum atomic E-state index is -5.08. The zero-order valence-electron chi connectivity index (χ0n) is 21.7. The molecule has 2 aliphatic heterocycles. The third kappa shape index (κ3) is 11.2. The summed E-state index contributed by atoms with van der Waals surface area (Å²) in [6.45, 7) is 6.55. The highest BCUT2D eigenvalue weighted by atomic mass is 19.4. The molecule has 0 radical (unpaired) electrons. The average molecular weight is 591 g/mol. The van der Waals surface area contributed by atoms with E-state index < -0.39 is 24.3 Å². The van der Waals surface area contributed by atoms with Crippen molar-refractivity contribution in [1.82, 2.24) is 9.88 Å². The molecule has 2 aromatic rings. The number of ether oxygens (including phenoxy) is 1. The molecule has 0 bridgehead atoms. The van der Waals surface area contributed by atoms with Crippen LogP contribution in [0.25, 0.3) is 0 Å². The fraction of sp³-hybridized carbons (Fsp3) is 0.462. The van der Waals surface area contributed by atoms with Gasteiger partial charge in [-0.25, -0.2) is 9.59 Å². The summed E-state index contributed by atoms with van der Waals surface area (Å²) in [4.78, 5) is 26.9. The summed E-state index contributed by atoms with van der Waals surface area (Å²) in [5.74, 6) is -5.51. The summed E-state index contributed by atoms with van der Waals surface area (Å²) in [6.07, 6.45) is -4.05. The SMILES string of the molecule is N#Cc1cccc(N2CCOCC3(CCCN(Cc4ccncc4)C3)C2)c1.O=C(O)C(F)(F)F.O=C(O)C(F)(F)F. The smallest absolute Gasteiger partial charge is 0.475 e. The first-order valence-corrected chi connectivity index (χ1v) is 12.2. The number of pyridine rings is 1. The molecular weight excluding hydrogens is 562 g/mol. The van der Waals surface area contributed by atoms with E-state index in [0.29, 0.717) is 0 Å². The second kappa shape index (κ2) is 14.6. The lowest BCUT2D eigenvalue weighted by Crippen LogP contribution is -2.50. The fourth-order valence-electron chi connectivity index (χ4n) is 4.42. The van der Waals surface area contributed by atoms with Gasteiger partial charge in [-0.05, 0) is 55.3 Å². The maximum Gasteiger partial charge on any atom is 0.490 e. The van der Waals surface area contributed by atoms with Crippen LogP contribution in [0, 0.1) is 16.7 Å².